The summed E-state index contributed by atoms with van der Waals surface area (Å²) in [6, 6.07) is 13.3. The molecule has 5 aromatic rings. The van der Waals surface area contributed by atoms with Crippen LogP contribution in [-0.4, -0.2) is 37.3 Å². The molecule has 3 heterocycles. The lowest BCUT2D eigenvalue weighted by Crippen LogP contribution is -2.18. The van der Waals surface area contributed by atoms with Crippen molar-refractivity contribution in [2.75, 3.05) is 6.61 Å². The highest BCUT2D eigenvalue weighted by Gasteiger charge is 2.29. The standard InChI is InChI=1S/C27H25ClN4O3S/c1-4-5-12-35-24(27(33)34)22-15(2)13-20-25(23(22)17-6-8-19(28)9-7-17)36-26(29-20)18-10-11-32-16(3)30-31-21(32)14-18/h6-11,13-14,24H,4-5,12H2,1-3H3,(H,33,34). The molecule has 36 heavy (non-hydrogen) atoms. The van der Waals surface area contributed by atoms with Crippen LogP contribution in [-0.2, 0) is 9.53 Å². The zero-order valence-corrected chi connectivity index (χ0v) is 21.7. The minimum Gasteiger partial charge on any atom is -0.479 e. The number of pyridine rings is 1. The van der Waals surface area contributed by atoms with Gasteiger partial charge in [-0.15, -0.1) is 21.5 Å². The van der Waals surface area contributed by atoms with E-state index in [1.807, 2.05) is 73.8 Å². The van der Waals surface area contributed by atoms with E-state index < -0.39 is 12.1 Å². The second-order valence-electron chi connectivity index (χ2n) is 8.69. The Morgan fingerprint density at radius 3 is 2.64 bits per heavy atom. The summed E-state index contributed by atoms with van der Waals surface area (Å²) in [5, 5.41) is 20.0. The maximum Gasteiger partial charge on any atom is 0.337 e. The van der Waals surface area contributed by atoms with Gasteiger partial charge in [0.25, 0.3) is 0 Å². The molecule has 0 saturated carbocycles. The minimum absolute atomic E-state index is 0.372. The smallest absolute Gasteiger partial charge is 0.337 e. The minimum atomic E-state index is -1.09. The molecule has 0 aliphatic carbocycles. The van der Waals surface area contributed by atoms with Crippen LogP contribution >= 0.6 is 22.9 Å². The number of halogens is 1. The lowest BCUT2D eigenvalue weighted by atomic mass is 9.91. The van der Waals surface area contributed by atoms with Crippen LogP contribution in [0.3, 0.4) is 0 Å². The van der Waals surface area contributed by atoms with Crippen LogP contribution in [0.15, 0.2) is 48.7 Å². The molecular formula is C27H25ClN4O3S. The van der Waals surface area contributed by atoms with Crippen LogP contribution in [0.5, 0.6) is 0 Å². The van der Waals surface area contributed by atoms with Gasteiger partial charge in [0, 0.05) is 34.5 Å². The van der Waals surface area contributed by atoms with Gasteiger partial charge in [0.05, 0.1) is 10.2 Å². The molecule has 3 aromatic heterocycles. The third-order valence-corrected chi connectivity index (χ3v) is 7.55. The lowest BCUT2D eigenvalue weighted by Gasteiger charge is -2.21. The Morgan fingerprint density at radius 1 is 1.14 bits per heavy atom. The highest BCUT2D eigenvalue weighted by Crippen LogP contribution is 2.43. The normalized spacial score (nSPS) is 12.4. The molecule has 5 rings (SSSR count). The maximum atomic E-state index is 12.4. The Hall–Kier alpha value is -3.33. The number of fused-ring (bicyclic) bond motifs is 2. The Kier molecular flexibility index (Phi) is 6.75. The fourth-order valence-electron chi connectivity index (χ4n) is 4.34. The van der Waals surface area contributed by atoms with Crippen molar-refractivity contribution in [1.82, 2.24) is 19.6 Å². The highest BCUT2D eigenvalue weighted by atomic mass is 35.5. The number of carbonyl (C=O) groups is 1. The number of ether oxygens (including phenoxy) is 1. The lowest BCUT2D eigenvalue weighted by molar-refractivity contribution is -0.151. The number of carboxylic acids is 1. The van der Waals surface area contributed by atoms with E-state index in [9.17, 15) is 9.90 Å². The van der Waals surface area contributed by atoms with E-state index in [4.69, 9.17) is 21.3 Å². The number of hydrogen-bond donors (Lipinski definition) is 1. The van der Waals surface area contributed by atoms with Crippen LogP contribution in [0.1, 0.15) is 42.8 Å². The number of nitrogens with zero attached hydrogens (tertiary/aromatic N) is 4. The van der Waals surface area contributed by atoms with Crippen molar-refractivity contribution < 1.29 is 14.6 Å². The second-order valence-corrected chi connectivity index (χ2v) is 10.1. The molecule has 7 nitrogen and oxygen atoms in total. The Labute approximate surface area is 217 Å². The summed E-state index contributed by atoms with van der Waals surface area (Å²) in [6.45, 7) is 6.24. The molecule has 0 amide bonds. The zero-order chi connectivity index (χ0) is 25.4. The monoisotopic (exact) mass is 520 g/mol. The first-order valence-corrected chi connectivity index (χ1v) is 12.9. The molecule has 0 saturated heterocycles. The third-order valence-electron chi connectivity index (χ3n) is 6.16. The van der Waals surface area contributed by atoms with Gasteiger partial charge in [-0.3, -0.25) is 4.40 Å². The van der Waals surface area contributed by atoms with E-state index in [2.05, 4.69) is 10.2 Å². The van der Waals surface area contributed by atoms with Gasteiger partial charge in [0.1, 0.15) is 10.8 Å². The van der Waals surface area contributed by atoms with Crippen molar-refractivity contribution in [1.29, 1.82) is 0 Å². The van der Waals surface area contributed by atoms with Gasteiger partial charge in [0.15, 0.2) is 11.8 Å². The molecule has 1 atom stereocenters. The number of aryl methyl sites for hydroxylation is 2. The SMILES string of the molecule is CCCCOC(C(=O)O)c1c(C)cc2nc(-c3ccn4c(C)nnc4c3)sc2c1-c1ccc(Cl)cc1. The number of aliphatic carboxylic acids is 1. The van der Waals surface area contributed by atoms with Crippen LogP contribution in [0.2, 0.25) is 5.02 Å². The van der Waals surface area contributed by atoms with Gasteiger partial charge in [-0.25, -0.2) is 9.78 Å². The number of carboxylic acid groups (broad SMARTS) is 1. The van der Waals surface area contributed by atoms with Crippen LogP contribution in [0.25, 0.3) is 37.6 Å². The van der Waals surface area contributed by atoms with Crippen molar-refractivity contribution in [3.8, 4) is 21.7 Å². The van der Waals surface area contributed by atoms with Crippen LogP contribution < -0.4 is 0 Å². The number of aromatic nitrogens is 4. The molecule has 0 aliphatic rings. The quantitative estimate of drug-likeness (QED) is 0.224. The van der Waals surface area contributed by atoms with Crippen molar-refractivity contribution in [2.24, 2.45) is 0 Å². The summed E-state index contributed by atoms with van der Waals surface area (Å²) in [6.07, 6.45) is 2.55. The number of rotatable bonds is 8. The first-order chi connectivity index (χ1) is 17.4. The summed E-state index contributed by atoms with van der Waals surface area (Å²) >= 11 is 7.70. The van der Waals surface area contributed by atoms with Gasteiger partial charge in [-0.05, 0) is 61.7 Å². The molecule has 0 fully saturated rings. The fraction of sp³-hybridized carbons (Fsp3) is 0.259. The van der Waals surface area contributed by atoms with Gasteiger partial charge >= 0.3 is 5.97 Å². The van der Waals surface area contributed by atoms with Gasteiger partial charge in [-0.2, -0.15) is 0 Å². The maximum absolute atomic E-state index is 12.4. The Bertz CT molecular complexity index is 1580. The molecule has 0 spiro atoms. The number of thiazole rings is 1. The van der Waals surface area contributed by atoms with E-state index >= 15 is 0 Å². The van der Waals surface area contributed by atoms with Gasteiger partial charge < -0.3 is 9.84 Å². The topological polar surface area (TPSA) is 89.6 Å². The Balaban J connectivity index is 1.73. The molecule has 0 radical (unpaired) electrons. The van der Waals surface area contributed by atoms with Crippen LogP contribution in [0, 0.1) is 13.8 Å². The van der Waals surface area contributed by atoms with Crippen LogP contribution in [0.4, 0.5) is 0 Å². The Morgan fingerprint density at radius 2 is 1.92 bits per heavy atom. The van der Waals surface area contributed by atoms with Gasteiger partial charge in [0.2, 0.25) is 0 Å². The molecular weight excluding hydrogens is 496 g/mol. The number of hydrogen-bond acceptors (Lipinski definition) is 6. The number of unbranched alkanes of at least 4 members (excludes halogenated alkanes) is 1. The van der Waals surface area contributed by atoms with E-state index in [0.717, 1.165) is 61.8 Å². The first kappa shape index (κ1) is 24.4. The molecule has 1 N–H and O–H groups in total. The van der Waals surface area contributed by atoms with E-state index in [1.165, 1.54) is 11.3 Å². The molecule has 1 unspecified atom stereocenters. The predicted molar refractivity (Wildman–Crippen MR) is 143 cm³/mol. The van der Waals surface area contributed by atoms with Crippen molar-refractivity contribution in [2.45, 2.75) is 39.7 Å². The largest absolute Gasteiger partial charge is 0.479 e. The van der Waals surface area contributed by atoms with Gasteiger partial charge in [-0.1, -0.05) is 37.1 Å². The fourth-order valence-corrected chi connectivity index (χ4v) is 5.59. The zero-order valence-electron chi connectivity index (χ0n) is 20.2. The molecule has 184 valence electrons. The average molecular weight is 521 g/mol. The van der Waals surface area contributed by atoms with E-state index in [-0.39, 0.29) is 0 Å². The molecule has 0 aliphatic heterocycles. The van der Waals surface area contributed by atoms with Crippen molar-refractivity contribution >= 4 is 44.8 Å². The first-order valence-electron chi connectivity index (χ1n) is 11.7. The van der Waals surface area contributed by atoms with E-state index in [1.54, 1.807) is 0 Å². The predicted octanol–water partition coefficient (Wildman–Crippen LogP) is 6.89. The van der Waals surface area contributed by atoms with Crippen molar-refractivity contribution in [3.05, 3.63) is 70.6 Å². The molecule has 0 bridgehead atoms. The summed E-state index contributed by atoms with van der Waals surface area (Å²) in [4.78, 5) is 17.3. The molecule has 9 heteroatoms. The third kappa shape index (κ3) is 4.48. The summed E-state index contributed by atoms with van der Waals surface area (Å²) in [5.41, 5.74) is 5.61. The van der Waals surface area contributed by atoms with Crippen molar-refractivity contribution in [3.63, 3.8) is 0 Å². The summed E-state index contributed by atoms with van der Waals surface area (Å²) in [7, 11) is 0. The van der Waals surface area contributed by atoms with E-state index in [0.29, 0.717) is 17.2 Å². The second kappa shape index (κ2) is 9.97. The molecule has 2 aromatic carbocycles. The summed E-state index contributed by atoms with van der Waals surface area (Å²) in [5.74, 6) is -0.199. The average Bonchev–Trinajstić information content (AvgIpc) is 3.45. The number of benzene rings is 2. The highest BCUT2D eigenvalue weighted by molar-refractivity contribution is 7.22. The summed E-state index contributed by atoms with van der Waals surface area (Å²) < 4.78 is 8.75.